The van der Waals surface area contributed by atoms with Crippen LogP contribution in [0.15, 0.2) is 36.9 Å². The van der Waals surface area contributed by atoms with Crippen LogP contribution in [0.3, 0.4) is 0 Å². The molecule has 2 fully saturated rings. The molecule has 0 saturated carbocycles. The van der Waals surface area contributed by atoms with E-state index in [0.717, 1.165) is 55.7 Å². The second-order valence-corrected chi connectivity index (χ2v) is 12.2. The van der Waals surface area contributed by atoms with Crippen molar-refractivity contribution >= 4 is 17.4 Å². The Morgan fingerprint density at radius 1 is 1.21 bits per heavy atom. The molecule has 0 bridgehead atoms. The van der Waals surface area contributed by atoms with Gasteiger partial charge in [0.15, 0.2) is 0 Å². The van der Waals surface area contributed by atoms with Crippen molar-refractivity contribution in [3.8, 4) is 12.1 Å². The van der Waals surface area contributed by atoms with Crippen molar-refractivity contribution in [1.29, 1.82) is 5.26 Å². The van der Waals surface area contributed by atoms with Gasteiger partial charge in [-0.3, -0.25) is 9.69 Å². The molecule has 4 heterocycles. The first-order chi connectivity index (χ1) is 20.8. The molecule has 1 aliphatic carbocycles. The van der Waals surface area contributed by atoms with E-state index < -0.39 is 12.0 Å². The van der Waals surface area contributed by atoms with Gasteiger partial charge in [0.05, 0.1) is 30.8 Å². The first-order valence-corrected chi connectivity index (χ1v) is 15.3. The number of alkyl halides is 2. The molecular weight excluding hydrogens is 552 g/mol. The second kappa shape index (κ2) is 12.1. The van der Waals surface area contributed by atoms with Gasteiger partial charge in [0.2, 0.25) is 5.91 Å². The number of carbonyl (C=O) groups excluding carboxylic acids is 1. The highest BCUT2D eigenvalue weighted by Crippen LogP contribution is 2.37. The van der Waals surface area contributed by atoms with Crippen LogP contribution in [-0.2, 0) is 24.1 Å². The molecule has 0 spiro atoms. The molecule has 3 aliphatic heterocycles. The van der Waals surface area contributed by atoms with Crippen molar-refractivity contribution in [2.24, 2.45) is 0 Å². The van der Waals surface area contributed by atoms with E-state index >= 15 is 0 Å². The predicted molar refractivity (Wildman–Crippen MR) is 160 cm³/mol. The Morgan fingerprint density at radius 2 is 2.05 bits per heavy atom. The van der Waals surface area contributed by atoms with Gasteiger partial charge < -0.3 is 19.4 Å². The van der Waals surface area contributed by atoms with Crippen molar-refractivity contribution < 1.29 is 18.3 Å². The van der Waals surface area contributed by atoms with Crippen LogP contribution in [0, 0.1) is 11.3 Å². The van der Waals surface area contributed by atoms with Gasteiger partial charge in [0, 0.05) is 62.4 Å². The minimum Gasteiger partial charge on any atom is -0.462 e. The molecule has 3 atom stereocenters. The van der Waals surface area contributed by atoms with E-state index in [-0.39, 0.29) is 50.0 Å². The van der Waals surface area contributed by atoms with Crippen LogP contribution in [-0.4, -0.2) is 96.1 Å². The largest absolute Gasteiger partial charge is 0.462 e. The highest BCUT2D eigenvalue weighted by Gasteiger charge is 2.43. The summed E-state index contributed by atoms with van der Waals surface area (Å²) in [6.07, 6.45) is 5.90. The van der Waals surface area contributed by atoms with E-state index in [4.69, 9.17) is 14.7 Å². The molecular formula is C32H39F2N7O2. The van der Waals surface area contributed by atoms with Crippen molar-refractivity contribution in [3.05, 3.63) is 53.7 Å². The molecule has 1 unspecified atom stereocenters. The number of ether oxygens (including phenoxy) is 1. The number of fused-ring (bicyclic) bond motifs is 2. The van der Waals surface area contributed by atoms with Crippen molar-refractivity contribution in [1.82, 2.24) is 19.8 Å². The number of nitrogens with zero attached hydrogens (tertiary/aromatic N) is 7. The van der Waals surface area contributed by atoms with Crippen molar-refractivity contribution in [2.75, 3.05) is 56.2 Å². The zero-order valence-corrected chi connectivity index (χ0v) is 24.7. The topological polar surface area (TPSA) is 88.8 Å². The summed E-state index contributed by atoms with van der Waals surface area (Å²) < 4.78 is 34.2. The van der Waals surface area contributed by atoms with Gasteiger partial charge in [-0.25, -0.2) is 8.78 Å². The number of likely N-dealkylation sites (tertiary alicyclic amines) is 1. The lowest BCUT2D eigenvalue weighted by Gasteiger charge is -2.43. The number of hydrogen-bond acceptors (Lipinski definition) is 8. The Balaban J connectivity index is 1.29. The fraction of sp³-hybridized carbons (Fsp3) is 0.562. The number of likely N-dealkylation sites (N-methyl/N-ethyl adjacent to an activating group) is 1. The lowest BCUT2D eigenvalue weighted by molar-refractivity contribution is -0.128. The van der Waals surface area contributed by atoms with Crippen molar-refractivity contribution in [2.45, 2.75) is 69.0 Å². The number of hydrogen-bond donors (Lipinski definition) is 0. The molecule has 9 nitrogen and oxygen atoms in total. The van der Waals surface area contributed by atoms with Crippen LogP contribution in [0.1, 0.15) is 42.5 Å². The van der Waals surface area contributed by atoms with Gasteiger partial charge in [0.25, 0.3) is 5.92 Å². The highest BCUT2D eigenvalue weighted by molar-refractivity contribution is 5.87. The Labute approximate surface area is 251 Å². The van der Waals surface area contributed by atoms with E-state index in [1.54, 1.807) is 16.8 Å². The third-order valence-electron chi connectivity index (χ3n) is 9.40. The Bertz CT molecular complexity index is 1410. The quantitative estimate of drug-likeness (QED) is 0.452. The summed E-state index contributed by atoms with van der Waals surface area (Å²) in [5.41, 5.74) is 4.66. The van der Waals surface area contributed by atoms with Crippen LogP contribution < -0.4 is 14.5 Å². The summed E-state index contributed by atoms with van der Waals surface area (Å²) in [4.78, 5) is 30.2. The number of amides is 1. The molecule has 1 amide bonds. The average molecular weight is 592 g/mol. The summed E-state index contributed by atoms with van der Waals surface area (Å²) in [6, 6.07) is 10.6. The number of para-hydroxylation sites is 1. The number of aryl methyl sites for hydroxylation is 1. The monoisotopic (exact) mass is 591 g/mol. The molecule has 228 valence electrons. The molecule has 2 saturated heterocycles. The normalized spacial score (nSPS) is 25.1. The molecule has 43 heavy (non-hydrogen) atoms. The zero-order valence-electron chi connectivity index (χ0n) is 24.7. The molecule has 6 rings (SSSR count). The summed E-state index contributed by atoms with van der Waals surface area (Å²) in [7, 11) is 1.69. The maximum Gasteiger partial charge on any atom is 0.318 e. The van der Waals surface area contributed by atoms with E-state index in [1.165, 1.54) is 17.3 Å². The molecule has 0 N–H and O–H groups in total. The summed E-state index contributed by atoms with van der Waals surface area (Å²) in [5, 5.41) is 9.50. The minimum absolute atomic E-state index is 0.0753. The number of nitriles is 1. The zero-order chi connectivity index (χ0) is 30.1. The number of benzene rings is 1. The number of rotatable bonds is 7. The summed E-state index contributed by atoms with van der Waals surface area (Å²) >= 11 is 0. The van der Waals surface area contributed by atoms with Gasteiger partial charge in [-0.1, -0.05) is 24.8 Å². The predicted octanol–water partition coefficient (Wildman–Crippen LogP) is 3.62. The Morgan fingerprint density at radius 3 is 2.81 bits per heavy atom. The standard InChI is InChI=1S/C32H39F2N7O2/c1-3-29(42)41-16-15-39(19-24(41)12-13-35)30-26-11-10-23(40-14-6-8-22-7-4-5-9-28(22)40)17-27(26)36-31(37-30)43-20-25-18-32(33,34)21-38(25)2/h3-5,7,9,23-25H,1,6,8,10-12,14-21H2,2H3/t23?,24-,25-/m0/s1. The minimum atomic E-state index is -2.74. The lowest BCUT2D eigenvalue weighted by Crippen LogP contribution is -2.55. The van der Waals surface area contributed by atoms with Crippen LogP contribution in [0.2, 0.25) is 0 Å². The van der Waals surface area contributed by atoms with Gasteiger partial charge in [0.1, 0.15) is 12.4 Å². The van der Waals surface area contributed by atoms with Gasteiger partial charge >= 0.3 is 6.01 Å². The maximum absolute atomic E-state index is 14.0. The van der Waals surface area contributed by atoms with Gasteiger partial charge in [-0.15, -0.1) is 0 Å². The average Bonchev–Trinajstić information content (AvgIpc) is 3.29. The Hall–Kier alpha value is -3.78. The number of anilines is 2. The molecule has 1 aromatic heterocycles. The van der Waals surface area contributed by atoms with Gasteiger partial charge in [-0.05, 0) is 50.4 Å². The SMILES string of the molecule is C=CC(=O)N1CCN(c2nc(OC[C@@H]3CC(F)(F)CN3C)nc3c2CCC(N2CCCc4ccccc42)C3)C[C@@H]1CC#N. The van der Waals surface area contributed by atoms with E-state index in [9.17, 15) is 18.8 Å². The molecule has 2 aromatic rings. The molecule has 1 aromatic carbocycles. The van der Waals surface area contributed by atoms with E-state index in [0.29, 0.717) is 19.6 Å². The first-order valence-electron chi connectivity index (χ1n) is 15.3. The second-order valence-electron chi connectivity index (χ2n) is 12.2. The molecule has 4 aliphatic rings. The van der Waals surface area contributed by atoms with E-state index in [1.807, 2.05) is 0 Å². The molecule has 11 heteroatoms. The van der Waals surface area contributed by atoms with Gasteiger partial charge in [-0.2, -0.15) is 15.2 Å². The van der Waals surface area contributed by atoms with Crippen LogP contribution in [0.4, 0.5) is 20.3 Å². The number of halogens is 2. The smallest absolute Gasteiger partial charge is 0.318 e. The van der Waals surface area contributed by atoms with E-state index in [2.05, 4.69) is 46.7 Å². The number of piperazine rings is 1. The lowest BCUT2D eigenvalue weighted by atomic mass is 9.88. The maximum atomic E-state index is 14.0. The summed E-state index contributed by atoms with van der Waals surface area (Å²) in [6.45, 7) is 5.86. The fourth-order valence-corrected chi connectivity index (χ4v) is 7.24. The Kier molecular flexibility index (Phi) is 8.23. The van der Waals surface area contributed by atoms with Crippen LogP contribution >= 0.6 is 0 Å². The highest BCUT2D eigenvalue weighted by atomic mass is 19.3. The van der Waals surface area contributed by atoms with Crippen molar-refractivity contribution in [3.63, 3.8) is 0 Å². The third kappa shape index (κ3) is 6.03. The number of carbonyl (C=O) groups is 1. The summed E-state index contributed by atoms with van der Waals surface area (Å²) in [5.74, 6) is -2.16. The van der Waals surface area contributed by atoms with Crippen LogP contribution in [0.5, 0.6) is 6.01 Å². The fourth-order valence-electron chi connectivity index (χ4n) is 7.24. The third-order valence-corrected chi connectivity index (χ3v) is 9.40. The van der Waals surface area contributed by atoms with Crippen LogP contribution in [0.25, 0.3) is 0 Å². The number of aromatic nitrogens is 2. The molecule has 0 radical (unpaired) electrons. The first kappa shape index (κ1) is 29.3.